The Balaban J connectivity index is 1.69. The van der Waals surface area contributed by atoms with Crippen molar-refractivity contribution in [2.75, 3.05) is 20.3 Å². The summed E-state index contributed by atoms with van der Waals surface area (Å²) in [5.74, 6) is -0.0527. The number of hydrogen-bond donors (Lipinski definition) is 2. The standard InChI is InChI=1S/C20H20FN3O3/c1-26-17-10-13(20(25)22-11-15-6-3-7-27-15)9-16-18(23-24-19(16)17)12-4-2-5-14(21)8-12/h2,4-5,8-10,15H,3,6-7,11H2,1H3,(H,22,25)(H,23,24). The maximum atomic E-state index is 13.6. The van der Waals surface area contributed by atoms with Crippen LogP contribution in [0.1, 0.15) is 23.2 Å². The average molecular weight is 369 g/mol. The Morgan fingerprint density at radius 3 is 3.04 bits per heavy atom. The summed E-state index contributed by atoms with van der Waals surface area (Å²) in [5, 5.41) is 10.8. The van der Waals surface area contributed by atoms with E-state index in [2.05, 4.69) is 15.5 Å². The normalized spacial score (nSPS) is 16.6. The van der Waals surface area contributed by atoms with E-state index in [0.717, 1.165) is 19.4 Å². The van der Waals surface area contributed by atoms with Gasteiger partial charge in [0.2, 0.25) is 0 Å². The van der Waals surface area contributed by atoms with E-state index in [0.29, 0.717) is 40.0 Å². The fraction of sp³-hybridized carbons (Fsp3) is 0.300. The molecule has 0 saturated carbocycles. The van der Waals surface area contributed by atoms with Gasteiger partial charge in [-0.3, -0.25) is 9.89 Å². The highest BCUT2D eigenvalue weighted by molar-refractivity contribution is 6.03. The number of carbonyl (C=O) groups excluding carboxylic acids is 1. The minimum absolute atomic E-state index is 0.0661. The van der Waals surface area contributed by atoms with E-state index in [4.69, 9.17) is 9.47 Å². The third kappa shape index (κ3) is 3.50. The Kier molecular flexibility index (Phi) is 4.77. The van der Waals surface area contributed by atoms with E-state index in [9.17, 15) is 9.18 Å². The predicted molar refractivity (Wildman–Crippen MR) is 99.3 cm³/mol. The molecule has 0 aliphatic carbocycles. The van der Waals surface area contributed by atoms with Gasteiger partial charge >= 0.3 is 0 Å². The van der Waals surface area contributed by atoms with Gasteiger partial charge in [-0.05, 0) is 37.1 Å². The van der Waals surface area contributed by atoms with Crippen LogP contribution in [0.2, 0.25) is 0 Å². The van der Waals surface area contributed by atoms with E-state index >= 15 is 0 Å². The second kappa shape index (κ2) is 7.36. The molecule has 6 nitrogen and oxygen atoms in total. The van der Waals surface area contributed by atoms with E-state index in [-0.39, 0.29) is 17.8 Å². The summed E-state index contributed by atoms with van der Waals surface area (Å²) in [4.78, 5) is 12.6. The summed E-state index contributed by atoms with van der Waals surface area (Å²) >= 11 is 0. The minimum atomic E-state index is -0.346. The maximum absolute atomic E-state index is 13.6. The number of rotatable bonds is 5. The number of amides is 1. The van der Waals surface area contributed by atoms with Crippen LogP contribution < -0.4 is 10.1 Å². The minimum Gasteiger partial charge on any atom is -0.494 e. The molecule has 1 fully saturated rings. The fourth-order valence-electron chi connectivity index (χ4n) is 3.35. The Morgan fingerprint density at radius 2 is 2.30 bits per heavy atom. The molecule has 0 radical (unpaired) electrons. The molecule has 7 heteroatoms. The van der Waals surface area contributed by atoms with E-state index in [1.807, 2.05) is 0 Å². The van der Waals surface area contributed by atoms with Gasteiger partial charge in [0.1, 0.15) is 22.8 Å². The topological polar surface area (TPSA) is 76.2 Å². The molecule has 0 spiro atoms. The monoisotopic (exact) mass is 369 g/mol. The maximum Gasteiger partial charge on any atom is 0.251 e. The molecule has 2 N–H and O–H groups in total. The first-order valence-electron chi connectivity index (χ1n) is 8.87. The number of hydrogen-bond acceptors (Lipinski definition) is 4. The Hall–Kier alpha value is -2.93. The third-order valence-corrected chi connectivity index (χ3v) is 4.73. The van der Waals surface area contributed by atoms with Crippen molar-refractivity contribution < 1.29 is 18.7 Å². The zero-order valence-corrected chi connectivity index (χ0v) is 14.9. The van der Waals surface area contributed by atoms with Crippen LogP contribution in [0.4, 0.5) is 4.39 Å². The molecule has 1 aromatic heterocycles. The van der Waals surface area contributed by atoms with Crippen molar-refractivity contribution in [2.45, 2.75) is 18.9 Å². The summed E-state index contributed by atoms with van der Waals surface area (Å²) in [6.45, 7) is 1.22. The SMILES string of the molecule is COc1cc(C(=O)NCC2CCCO2)cc2c(-c3cccc(F)c3)n[nH]c12. The summed E-state index contributed by atoms with van der Waals surface area (Å²) in [6, 6.07) is 9.60. The molecule has 1 amide bonds. The number of fused-ring (bicyclic) bond motifs is 1. The smallest absolute Gasteiger partial charge is 0.251 e. The van der Waals surface area contributed by atoms with Crippen molar-refractivity contribution in [1.29, 1.82) is 0 Å². The van der Waals surface area contributed by atoms with Gasteiger partial charge in [0.25, 0.3) is 5.91 Å². The molecule has 0 bridgehead atoms. The van der Waals surface area contributed by atoms with Gasteiger partial charge in [0.15, 0.2) is 0 Å². The first kappa shape index (κ1) is 17.5. The molecule has 27 heavy (non-hydrogen) atoms. The van der Waals surface area contributed by atoms with Crippen LogP contribution in [-0.4, -0.2) is 42.5 Å². The molecule has 1 aliphatic heterocycles. The second-order valence-corrected chi connectivity index (χ2v) is 6.53. The van der Waals surface area contributed by atoms with Crippen molar-refractivity contribution in [3.63, 3.8) is 0 Å². The van der Waals surface area contributed by atoms with Gasteiger partial charge in [0.05, 0.1) is 13.2 Å². The van der Waals surface area contributed by atoms with Crippen molar-refractivity contribution in [3.8, 4) is 17.0 Å². The summed E-state index contributed by atoms with van der Waals surface area (Å²) in [5.41, 5.74) is 2.31. The number of aromatic nitrogens is 2. The zero-order chi connectivity index (χ0) is 18.8. The molecule has 3 aromatic rings. The molecule has 1 aliphatic rings. The van der Waals surface area contributed by atoms with E-state index in [1.165, 1.54) is 19.2 Å². The molecule has 2 heterocycles. The van der Waals surface area contributed by atoms with Gasteiger partial charge in [0, 0.05) is 29.7 Å². The average Bonchev–Trinajstić information content (AvgIpc) is 3.34. The van der Waals surface area contributed by atoms with E-state index in [1.54, 1.807) is 24.3 Å². The lowest BCUT2D eigenvalue weighted by atomic mass is 10.0. The number of nitrogens with zero attached hydrogens (tertiary/aromatic N) is 1. The van der Waals surface area contributed by atoms with Gasteiger partial charge in [-0.1, -0.05) is 12.1 Å². The number of nitrogens with one attached hydrogen (secondary N) is 2. The first-order chi connectivity index (χ1) is 13.2. The first-order valence-corrected chi connectivity index (χ1v) is 8.87. The molecule has 1 atom stereocenters. The van der Waals surface area contributed by atoms with Crippen LogP contribution in [0, 0.1) is 5.82 Å². The van der Waals surface area contributed by atoms with Gasteiger partial charge < -0.3 is 14.8 Å². The lowest BCUT2D eigenvalue weighted by Crippen LogP contribution is -2.31. The molecule has 2 aromatic carbocycles. The molecular weight excluding hydrogens is 349 g/mol. The number of carbonyl (C=O) groups is 1. The van der Waals surface area contributed by atoms with Crippen molar-refractivity contribution >= 4 is 16.8 Å². The summed E-state index contributed by atoms with van der Waals surface area (Å²) in [6.07, 6.45) is 2.04. The van der Waals surface area contributed by atoms with Crippen molar-refractivity contribution in [2.24, 2.45) is 0 Å². The van der Waals surface area contributed by atoms with Crippen molar-refractivity contribution in [3.05, 3.63) is 47.8 Å². The lowest BCUT2D eigenvalue weighted by Gasteiger charge is -2.12. The fourth-order valence-corrected chi connectivity index (χ4v) is 3.35. The van der Waals surface area contributed by atoms with Gasteiger partial charge in [-0.2, -0.15) is 5.10 Å². The number of methoxy groups -OCH3 is 1. The molecule has 140 valence electrons. The summed E-state index contributed by atoms with van der Waals surface area (Å²) < 4.78 is 24.6. The predicted octanol–water partition coefficient (Wildman–Crippen LogP) is 3.29. The zero-order valence-electron chi connectivity index (χ0n) is 14.9. The van der Waals surface area contributed by atoms with Crippen LogP contribution in [0.25, 0.3) is 22.2 Å². The summed E-state index contributed by atoms with van der Waals surface area (Å²) in [7, 11) is 1.53. The van der Waals surface area contributed by atoms with Crippen LogP contribution in [-0.2, 0) is 4.74 Å². The molecular formula is C20H20FN3O3. The largest absolute Gasteiger partial charge is 0.494 e. The Morgan fingerprint density at radius 1 is 1.41 bits per heavy atom. The number of ether oxygens (including phenoxy) is 2. The molecule has 1 unspecified atom stereocenters. The van der Waals surface area contributed by atoms with Crippen LogP contribution in [0.3, 0.4) is 0 Å². The highest BCUT2D eigenvalue weighted by atomic mass is 19.1. The van der Waals surface area contributed by atoms with Gasteiger partial charge in [-0.25, -0.2) is 4.39 Å². The van der Waals surface area contributed by atoms with Crippen molar-refractivity contribution in [1.82, 2.24) is 15.5 Å². The number of benzene rings is 2. The number of aromatic amines is 1. The highest BCUT2D eigenvalue weighted by Crippen LogP contribution is 2.33. The van der Waals surface area contributed by atoms with Crippen LogP contribution >= 0.6 is 0 Å². The van der Waals surface area contributed by atoms with E-state index < -0.39 is 0 Å². The number of halogens is 1. The van der Waals surface area contributed by atoms with Crippen LogP contribution in [0.15, 0.2) is 36.4 Å². The highest BCUT2D eigenvalue weighted by Gasteiger charge is 2.19. The lowest BCUT2D eigenvalue weighted by molar-refractivity contribution is 0.0857. The number of H-pyrrole nitrogens is 1. The molecule has 4 rings (SSSR count). The van der Waals surface area contributed by atoms with Gasteiger partial charge in [-0.15, -0.1) is 0 Å². The Labute approximate surface area is 155 Å². The third-order valence-electron chi connectivity index (χ3n) is 4.73. The second-order valence-electron chi connectivity index (χ2n) is 6.53. The van der Waals surface area contributed by atoms with Crippen LogP contribution in [0.5, 0.6) is 5.75 Å². The quantitative estimate of drug-likeness (QED) is 0.724. The Bertz CT molecular complexity index is 980. The molecule has 1 saturated heterocycles.